The first-order valence-electron chi connectivity index (χ1n) is 8.33. The Bertz CT molecular complexity index is 436. The molecule has 0 amide bonds. The molecular formula is C19H26F2. The lowest BCUT2D eigenvalue weighted by Crippen LogP contribution is -2.13. The van der Waals surface area contributed by atoms with Crippen molar-refractivity contribution in [1.29, 1.82) is 0 Å². The van der Waals surface area contributed by atoms with E-state index in [9.17, 15) is 8.78 Å². The van der Waals surface area contributed by atoms with Gasteiger partial charge in [-0.1, -0.05) is 50.8 Å². The van der Waals surface area contributed by atoms with Crippen LogP contribution in [0.15, 0.2) is 24.3 Å². The number of hydrogen-bond acceptors (Lipinski definition) is 0. The molecule has 0 nitrogen and oxygen atoms in total. The number of unbranched alkanes of at least 4 members (excludes halogenated alkanes) is 2. The van der Waals surface area contributed by atoms with E-state index in [0.29, 0.717) is 5.92 Å². The molecule has 0 saturated heterocycles. The molecule has 116 valence electrons. The first-order valence-corrected chi connectivity index (χ1v) is 8.33. The van der Waals surface area contributed by atoms with Crippen molar-refractivity contribution in [1.82, 2.24) is 0 Å². The van der Waals surface area contributed by atoms with Crippen LogP contribution in [0.2, 0.25) is 0 Å². The summed E-state index contributed by atoms with van der Waals surface area (Å²) in [5.41, 5.74) is 0.0996. The molecular weight excluding hydrogens is 266 g/mol. The van der Waals surface area contributed by atoms with Crippen molar-refractivity contribution < 1.29 is 8.78 Å². The Balaban J connectivity index is 1.82. The molecule has 0 radical (unpaired) electrons. The molecule has 0 N–H and O–H groups in total. The van der Waals surface area contributed by atoms with Gasteiger partial charge in [0.05, 0.1) is 0 Å². The molecule has 21 heavy (non-hydrogen) atoms. The summed E-state index contributed by atoms with van der Waals surface area (Å²) in [4.78, 5) is 0. The molecule has 0 heterocycles. The highest BCUT2D eigenvalue weighted by molar-refractivity contribution is 5.50. The van der Waals surface area contributed by atoms with Gasteiger partial charge in [-0.25, -0.2) is 8.78 Å². The summed E-state index contributed by atoms with van der Waals surface area (Å²) in [5.74, 6) is 0.400. The highest BCUT2D eigenvalue weighted by Gasteiger charge is 2.19. The molecule has 0 aliphatic heterocycles. The van der Waals surface area contributed by atoms with Crippen LogP contribution in [0, 0.1) is 23.5 Å². The molecule has 1 aromatic carbocycles. The van der Waals surface area contributed by atoms with Gasteiger partial charge in [-0.2, -0.15) is 0 Å². The molecule has 1 fully saturated rings. The van der Waals surface area contributed by atoms with Gasteiger partial charge in [-0.15, -0.1) is 0 Å². The lowest BCUT2D eigenvalue weighted by Gasteiger charge is -2.26. The highest BCUT2D eigenvalue weighted by Crippen LogP contribution is 2.33. The quantitative estimate of drug-likeness (QED) is 0.535. The average molecular weight is 292 g/mol. The molecule has 1 aromatic rings. The van der Waals surface area contributed by atoms with Crippen molar-refractivity contribution in [2.24, 2.45) is 11.8 Å². The molecule has 0 spiro atoms. The Kier molecular flexibility index (Phi) is 6.41. The Morgan fingerprint density at radius 1 is 1.05 bits per heavy atom. The molecule has 0 unspecified atom stereocenters. The highest BCUT2D eigenvalue weighted by atomic mass is 19.1. The smallest absolute Gasteiger partial charge is 0.133 e. The summed E-state index contributed by atoms with van der Waals surface area (Å²) in [7, 11) is 0. The molecule has 0 aromatic heterocycles. The van der Waals surface area contributed by atoms with Crippen molar-refractivity contribution in [3.05, 3.63) is 41.5 Å². The average Bonchev–Trinajstić information content (AvgIpc) is 2.48. The fraction of sp³-hybridized carbons (Fsp3) is 0.579. The zero-order valence-corrected chi connectivity index (χ0v) is 13.0. The summed E-state index contributed by atoms with van der Waals surface area (Å²) in [6.07, 6.45) is 13.8. The van der Waals surface area contributed by atoms with Crippen LogP contribution in [0.25, 0.3) is 6.08 Å². The largest absolute Gasteiger partial charge is 0.206 e. The van der Waals surface area contributed by atoms with Crippen LogP contribution < -0.4 is 0 Å². The SMILES string of the molecule is CCCCCC1CCC(/C=C/c2c(F)cccc2F)CC1. The second-order valence-electron chi connectivity index (χ2n) is 6.27. The minimum Gasteiger partial charge on any atom is -0.206 e. The van der Waals surface area contributed by atoms with Crippen LogP contribution in [0.4, 0.5) is 8.78 Å². The Morgan fingerprint density at radius 3 is 2.33 bits per heavy atom. The van der Waals surface area contributed by atoms with Gasteiger partial charge in [0.2, 0.25) is 0 Å². The summed E-state index contributed by atoms with van der Waals surface area (Å²) in [6.45, 7) is 2.24. The van der Waals surface area contributed by atoms with Gasteiger partial charge in [0.15, 0.2) is 0 Å². The van der Waals surface area contributed by atoms with E-state index >= 15 is 0 Å². The van der Waals surface area contributed by atoms with E-state index in [1.165, 1.54) is 56.7 Å². The van der Waals surface area contributed by atoms with Crippen molar-refractivity contribution in [3.8, 4) is 0 Å². The number of allylic oxidation sites excluding steroid dienone is 1. The first kappa shape index (κ1) is 16.2. The molecule has 0 bridgehead atoms. The fourth-order valence-corrected chi connectivity index (χ4v) is 3.25. The summed E-state index contributed by atoms with van der Waals surface area (Å²) >= 11 is 0. The third-order valence-corrected chi connectivity index (χ3v) is 4.64. The van der Waals surface area contributed by atoms with Crippen molar-refractivity contribution in [2.45, 2.75) is 58.3 Å². The van der Waals surface area contributed by atoms with E-state index in [0.717, 1.165) is 18.8 Å². The second-order valence-corrected chi connectivity index (χ2v) is 6.27. The molecule has 1 saturated carbocycles. The maximum Gasteiger partial charge on any atom is 0.133 e. The lowest BCUT2D eigenvalue weighted by molar-refractivity contribution is 0.290. The third kappa shape index (κ3) is 4.94. The first-order chi connectivity index (χ1) is 10.2. The summed E-state index contributed by atoms with van der Waals surface area (Å²) in [5, 5.41) is 0. The van der Waals surface area contributed by atoms with Crippen LogP contribution in [0.3, 0.4) is 0 Å². The van der Waals surface area contributed by atoms with Crippen LogP contribution in [-0.4, -0.2) is 0 Å². The standard InChI is InChI=1S/C19H26F2/c1-2-3-4-6-15-9-11-16(12-10-15)13-14-17-18(20)7-5-8-19(17)21/h5,7-8,13-16H,2-4,6,9-12H2,1H3/b14-13+. The van der Waals surface area contributed by atoms with Gasteiger partial charge < -0.3 is 0 Å². The minimum atomic E-state index is -0.473. The van der Waals surface area contributed by atoms with Crippen LogP contribution in [0.1, 0.15) is 63.9 Å². The van der Waals surface area contributed by atoms with Gasteiger partial charge in [-0.05, 0) is 49.7 Å². The Morgan fingerprint density at radius 2 is 1.71 bits per heavy atom. The van der Waals surface area contributed by atoms with Crippen molar-refractivity contribution in [3.63, 3.8) is 0 Å². The molecule has 0 atom stereocenters. The van der Waals surface area contributed by atoms with Gasteiger partial charge in [0.25, 0.3) is 0 Å². The number of rotatable bonds is 6. The zero-order valence-electron chi connectivity index (χ0n) is 13.0. The third-order valence-electron chi connectivity index (χ3n) is 4.64. The monoisotopic (exact) mass is 292 g/mol. The van der Waals surface area contributed by atoms with E-state index in [1.807, 2.05) is 6.08 Å². The summed E-state index contributed by atoms with van der Waals surface area (Å²) in [6, 6.07) is 4.03. The maximum absolute atomic E-state index is 13.5. The number of benzene rings is 1. The second kappa shape index (κ2) is 8.31. The molecule has 2 rings (SSSR count). The Labute approximate surface area is 127 Å². The minimum absolute atomic E-state index is 0.0996. The van der Waals surface area contributed by atoms with E-state index in [-0.39, 0.29) is 5.56 Å². The fourth-order valence-electron chi connectivity index (χ4n) is 3.25. The number of hydrogen-bond donors (Lipinski definition) is 0. The lowest BCUT2D eigenvalue weighted by atomic mass is 9.79. The van der Waals surface area contributed by atoms with Gasteiger partial charge in [0, 0.05) is 5.56 Å². The predicted octanol–water partition coefficient (Wildman–Crippen LogP) is 6.36. The number of halogens is 2. The van der Waals surface area contributed by atoms with Crippen LogP contribution in [0.5, 0.6) is 0 Å². The zero-order chi connectivity index (χ0) is 15.1. The molecule has 2 heteroatoms. The summed E-state index contributed by atoms with van der Waals surface area (Å²) < 4.78 is 27.1. The van der Waals surface area contributed by atoms with Crippen molar-refractivity contribution in [2.75, 3.05) is 0 Å². The van der Waals surface area contributed by atoms with Crippen LogP contribution >= 0.6 is 0 Å². The van der Waals surface area contributed by atoms with Gasteiger partial charge in [-0.3, -0.25) is 0 Å². The Hall–Kier alpha value is -1.18. The van der Waals surface area contributed by atoms with E-state index in [2.05, 4.69) is 6.92 Å². The van der Waals surface area contributed by atoms with Crippen LogP contribution in [-0.2, 0) is 0 Å². The van der Waals surface area contributed by atoms with Gasteiger partial charge >= 0.3 is 0 Å². The maximum atomic E-state index is 13.5. The van der Waals surface area contributed by atoms with Crippen molar-refractivity contribution >= 4 is 6.08 Å². The predicted molar refractivity (Wildman–Crippen MR) is 85.0 cm³/mol. The topological polar surface area (TPSA) is 0 Å². The van der Waals surface area contributed by atoms with Gasteiger partial charge in [0.1, 0.15) is 11.6 Å². The van der Waals surface area contributed by atoms with E-state index in [1.54, 1.807) is 6.08 Å². The molecule has 1 aliphatic carbocycles. The normalized spacial score (nSPS) is 22.8. The van der Waals surface area contributed by atoms with E-state index in [4.69, 9.17) is 0 Å². The van der Waals surface area contributed by atoms with E-state index < -0.39 is 11.6 Å². The molecule has 1 aliphatic rings.